The number of nitrogens with zero attached hydrogens (tertiary/aromatic N) is 2. The van der Waals surface area contributed by atoms with Crippen molar-refractivity contribution < 1.29 is 23.9 Å². The van der Waals surface area contributed by atoms with Crippen molar-refractivity contribution in [3.63, 3.8) is 0 Å². The quantitative estimate of drug-likeness (QED) is 0.359. The minimum atomic E-state index is -1.07. The molecule has 1 fully saturated rings. The van der Waals surface area contributed by atoms with Crippen LogP contribution in [-0.2, 0) is 9.53 Å². The average Bonchev–Trinajstić information content (AvgIpc) is 3.56. The molecule has 2 aromatic carbocycles. The molecular weight excluding hydrogens is 506 g/mol. The van der Waals surface area contributed by atoms with Crippen molar-refractivity contribution in [3.8, 4) is 5.75 Å². The Kier molecular flexibility index (Phi) is 8.59. The predicted molar refractivity (Wildman–Crippen MR) is 145 cm³/mol. The molecule has 1 aliphatic rings. The third-order valence-electron chi connectivity index (χ3n) is 6.20. The number of nitrogen functional groups attached to an aromatic ring is 1. The molecule has 1 saturated heterocycles. The van der Waals surface area contributed by atoms with Crippen LogP contribution in [0.15, 0.2) is 48.5 Å². The first-order chi connectivity index (χ1) is 18.3. The highest BCUT2D eigenvalue weighted by atomic mass is 32.1. The Balaban J connectivity index is 1.80. The van der Waals surface area contributed by atoms with E-state index in [4.69, 9.17) is 20.9 Å². The lowest BCUT2D eigenvalue weighted by molar-refractivity contribution is -0.123. The van der Waals surface area contributed by atoms with Gasteiger partial charge in [-0.2, -0.15) is 4.37 Å². The first-order valence-electron chi connectivity index (χ1n) is 12.4. The molecule has 1 aliphatic heterocycles. The Morgan fingerprint density at radius 1 is 1.24 bits per heavy atom. The molecule has 200 valence electrons. The van der Waals surface area contributed by atoms with Crippen LogP contribution in [0, 0.1) is 6.92 Å². The number of carbonyl (C=O) groups is 3. The molecule has 0 radical (unpaired) electrons. The highest BCUT2D eigenvalue weighted by Gasteiger charge is 2.36. The van der Waals surface area contributed by atoms with Gasteiger partial charge in [0.25, 0.3) is 11.8 Å². The molecular formula is C27H31N5O5S. The number of ether oxygens (including phenoxy) is 2. The number of nitrogens with one attached hydrogen (secondary N) is 1. The molecule has 0 aliphatic carbocycles. The number of benzene rings is 2. The molecule has 3 amide bonds. The summed E-state index contributed by atoms with van der Waals surface area (Å²) in [5.74, 6) is -1.17. The number of aryl methyl sites for hydroxylation is 1. The summed E-state index contributed by atoms with van der Waals surface area (Å²) in [6, 6.07) is 13.2. The van der Waals surface area contributed by atoms with Crippen molar-refractivity contribution in [1.82, 2.24) is 9.69 Å². The minimum absolute atomic E-state index is 0.0168. The Bertz CT molecular complexity index is 1300. The van der Waals surface area contributed by atoms with Crippen LogP contribution in [-0.4, -0.2) is 48.0 Å². The van der Waals surface area contributed by atoms with E-state index in [0.29, 0.717) is 36.8 Å². The second kappa shape index (κ2) is 12.1. The van der Waals surface area contributed by atoms with E-state index in [1.165, 1.54) is 4.90 Å². The fraction of sp³-hybridized carbons (Fsp3) is 0.333. The van der Waals surface area contributed by atoms with Gasteiger partial charge >= 0.3 is 0 Å². The number of hydrogen-bond donors (Lipinski definition) is 3. The highest BCUT2D eigenvalue weighted by molar-refractivity contribution is 7.09. The van der Waals surface area contributed by atoms with Gasteiger partial charge in [0.05, 0.1) is 18.4 Å². The summed E-state index contributed by atoms with van der Waals surface area (Å²) in [6.45, 7) is 5.24. The molecule has 5 N–H and O–H groups in total. The topological polar surface area (TPSA) is 150 Å². The molecule has 2 atom stereocenters. The van der Waals surface area contributed by atoms with E-state index in [2.05, 4.69) is 9.69 Å². The molecule has 4 rings (SSSR count). The largest absolute Gasteiger partial charge is 0.494 e. The Labute approximate surface area is 225 Å². The lowest BCUT2D eigenvalue weighted by Gasteiger charge is -2.32. The lowest BCUT2D eigenvalue weighted by Crippen LogP contribution is -2.45. The number of hydrogen-bond acceptors (Lipinski definition) is 8. The molecule has 3 aromatic rings. The van der Waals surface area contributed by atoms with Gasteiger partial charge in [-0.15, -0.1) is 0 Å². The van der Waals surface area contributed by atoms with Gasteiger partial charge in [0.1, 0.15) is 16.7 Å². The molecule has 11 heteroatoms. The molecule has 38 heavy (non-hydrogen) atoms. The van der Waals surface area contributed by atoms with Crippen LogP contribution in [0.4, 0.5) is 11.4 Å². The number of carbonyl (C=O) groups excluding carboxylic acids is 3. The van der Waals surface area contributed by atoms with Crippen molar-refractivity contribution in [3.05, 3.63) is 70.2 Å². The smallest absolute Gasteiger partial charge is 0.273 e. The van der Waals surface area contributed by atoms with Crippen molar-refractivity contribution in [1.29, 1.82) is 0 Å². The summed E-state index contributed by atoms with van der Waals surface area (Å²) in [4.78, 5) is 41.1. The third kappa shape index (κ3) is 5.95. The van der Waals surface area contributed by atoms with Gasteiger partial charge in [-0.05, 0) is 73.6 Å². The van der Waals surface area contributed by atoms with E-state index in [-0.39, 0.29) is 22.4 Å². The monoisotopic (exact) mass is 537 g/mol. The van der Waals surface area contributed by atoms with E-state index in [9.17, 15) is 14.4 Å². The standard InChI is InChI=1S/C27H31N5O5S/c1-3-36-19-11-9-17(10-12-19)23(26(34)30-15-20-8-5-13-37-20)32(18-7-4-6-16(2)14-18)27(35)24-21(28)22(25(29)33)31-38-24/h4,6-7,9-12,14,20,23H,3,5,8,13,15,28H2,1-2H3,(H2,29,33)(H,30,34)/t20-,23+/m0/s1. The van der Waals surface area contributed by atoms with Crippen molar-refractivity contribution in [2.45, 2.75) is 38.8 Å². The molecule has 0 unspecified atom stereocenters. The second-order valence-corrected chi connectivity index (χ2v) is 9.71. The van der Waals surface area contributed by atoms with Crippen molar-refractivity contribution in [2.24, 2.45) is 5.73 Å². The maximum absolute atomic E-state index is 14.1. The van der Waals surface area contributed by atoms with Crippen LogP contribution in [0.5, 0.6) is 5.75 Å². The zero-order valence-electron chi connectivity index (χ0n) is 21.3. The molecule has 0 spiro atoms. The van der Waals surface area contributed by atoms with Gasteiger partial charge in [0.15, 0.2) is 5.69 Å². The van der Waals surface area contributed by atoms with Gasteiger partial charge in [0, 0.05) is 18.8 Å². The summed E-state index contributed by atoms with van der Waals surface area (Å²) >= 11 is 0.768. The summed E-state index contributed by atoms with van der Waals surface area (Å²) in [6.07, 6.45) is 1.70. The van der Waals surface area contributed by atoms with E-state index >= 15 is 0 Å². The highest BCUT2D eigenvalue weighted by Crippen LogP contribution is 2.34. The van der Waals surface area contributed by atoms with Gasteiger partial charge in [-0.25, -0.2) is 0 Å². The maximum Gasteiger partial charge on any atom is 0.273 e. The maximum atomic E-state index is 14.1. The molecule has 10 nitrogen and oxygen atoms in total. The second-order valence-electron chi connectivity index (χ2n) is 8.94. The molecule has 1 aromatic heterocycles. The third-order valence-corrected chi connectivity index (χ3v) is 7.05. The van der Waals surface area contributed by atoms with Crippen LogP contribution in [0.25, 0.3) is 0 Å². The zero-order valence-corrected chi connectivity index (χ0v) is 22.1. The van der Waals surface area contributed by atoms with E-state index in [0.717, 1.165) is 29.9 Å². The average molecular weight is 538 g/mol. The predicted octanol–water partition coefficient (Wildman–Crippen LogP) is 3.21. The lowest BCUT2D eigenvalue weighted by atomic mass is 10.0. The van der Waals surface area contributed by atoms with E-state index in [1.807, 2.05) is 19.9 Å². The minimum Gasteiger partial charge on any atom is -0.494 e. The number of anilines is 2. The van der Waals surface area contributed by atoms with Gasteiger partial charge in [-0.3, -0.25) is 19.3 Å². The first-order valence-corrected chi connectivity index (χ1v) is 13.1. The van der Waals surface area contributed by atoms with E-state index < -0.39 is 23.8 Å². The van der Waals surface area contributed by atoms with Crippen LogP contribution in [0.2, 0.25) is 0 Å². The summed E-state index contributed by atoms with van der Waals surface area (Å²) in [5, 5.41) is 2.97. The van der Waals surface area contributed by atoms with E-state index in [1.54, 1.807) is 42.5 Å². The zero-order chi connectivity index (χ0) is 27.2. The number of aromatic nitrogens is 1. The van der Waals surface area contributed by atoms with Gasteiger partial charge in [-0.1, -0.05) is 24.3 Å². The SMILES string of the molecule is CCOc1ccc([C@H](C(=O)NC[C@@H]2CCCO2)N(C(=O)c2snc(C(N)=O)c2N)c2cccc(C)c2)cc1. The molecule has 0 saturated carbocycles. The normalized spacial score (nSPS) is 15.6. The summed E-state index contributed by atoms with van der Waals surface area (Å²) in [7, 11) is 0. The first kappa shape index (κ1) is 27.1. The Hall–Kier alpha value is -3.96. The van der Waals surface area contributed by atoms with Gasteiger partial charge in [0.2, 0.25) is 5.91 Å². The number of rotatable bonds is 10. The van der Waals surface area contributed by atoms with Crippen LogP contribution in [0.3, 0.4) is 0 Å². The number of amides is 3. The molecule has 0 bridgehead atoms. The number of primary amides is 1. The fourth-order valence-corrected chi connectivity index (χ4v) is 5.09. The van der Waals surface area contributed by atoms with Crippen LogP contribution >= 0.6 is 11.5 Å². The Morgan fingerprint density at radius 3 is 2.61 bits per heavy atom. The number of nitrogens with two attached hydrogens (primary N) is 2. The van der Waals surface area contributed by atoms with Gasteiger partial charge < -0.3 is 26.3 Å². The molecule has 2 heterocycles. The summed E-state index contributed by atoms with van der Waals surface area (Å²) in [5.41, 5.74) is 13.2. The fourth-order valence-electron chi connectivity index (χ4n) is 4.35. The van der Waals surface area contributed by atoms with Crippen molar-refractivity contribution in [2.75, 3.05) is 30.4 Å². The van der Waals surface area contributed by atoms with Crippen molar-refractivity contribution >= 4 is 40.6 Å². The van der Waals surface area contributed by atoms with Crippen LogP contribution in [0.1, 0.15) is 57.1 Å². The Morgan fingerprint density at radius 2 is 2.00 bits per heavy atom. The summed E-state index contributed by atoms with van der Waals surface area (Å²) < 4.78 is 15.2. The van der Waals surface area contributed by atoms with Crippen LogP contribution < -0.4 is 26.4 Å².